The zero-order valence-electron chi connectivity index (χ0n) is 13.0. The second-order valence-corrected chi connectivity index (χ2v) is 5.27. The highest BCUT2D eigenvalue weighted by Crippen LogP contribution is 2.19. The number of rotatable bonds is 8. The van der Waals surface area contributed by atoms with E-state index in [2.05, 4.69) is 60.8 Å². The third-order valence-electron chi connectivity index (χ3n) is 3.60. The number of hydrogen-bond acceptors (Lipinski definition) is 2. The summed E-state index contributed by atoms with van der Waals surface area (Å²) in [5.41, 5.74) is 2.69. The van der Waals surface area contributed by atoms with Crippen molar-refractivity contribution in [1.29, 1.82) is 0 Å². The lowest BCUT2D eigenvalue weighted by atomic mass is 10.1. The van der Waals surface area contributed by atoms with Crippen molar-refractivity contribution in [3.63, 3.8) is 0 Å². The first-order valence-electron chi connectivity index (χ1n) is 7.79. The van der Waals surface area contributed by atoms with E-state index >= 15 is 0 Å². The Balaban J connectivity index is 1.76. The highest BCUT2D eigenvalue weighted by atomic mass is 16.5. The van der Waals surface area contributed by atoms with Crippen molar-refractivity contribution in [2.75, 3.05) is 13.2 Å². The predicted octanol–water partition coefficient (Wildman–Crippen LogP) is 4.37. The average molecular weight is 283 g/mol. The molecule has 112 valence electrons. The number of hydrogen-bond donors (Lipinski definition) is 1. The number of aryl methyl sites for hydroxylation is 1. The van der Waals surface area contributed by atoms with Crippen molar-refractivity contribution in [3.05, 3.63) is 65.7 Å². The Labute approximate surface area is 128 Å². The van der Waals surface area contributed by atoms with Gasteiger partial charge in [-0.25, -0.2) is 0 Å². The summed E-state index contributed by atoms with van der Waals surface area (Å²) in [4.78, 5) is 0. The highest BCUT2D eigenvalue weighted by Gasteiger charge is 2.05. The molecule has 1 atom stereocenters. The van der Waals surface area contributed by atoms with Crippen LogP contribution in [0.3, 0.4) is 0 Å². The summed E-state index contributed by atoms with van der Waals surface area (Å²) in [5, 5.41) is 3.58. The van der Waals surface area contributed by atoms with Gasteiger partial charge < -0.3 is 10.1 Å². The van der Waals surface area contributed by atoms with Gasteiger partial charge in [0.05, 0.1) is 6.61 Å². The Morgan fingerprint density at radius 1 is 1.05 bits per heavy atom. The minimum Gasteiger partial charge on any atom is -0.494 e. The van der Waals surface area contributed by atoms with Gasteiger partial charge in [-0.15, -0.1) is 0 Å². The quantitative estimate of drug-likeness (QED) is 0.726. The molecule has 0 unspecified atom stereocenters. The summed E-state index contributed by atoms with van der Waals surface area (Å²) >= 11 is 0. The fourth-order valence-corrected chi connectivity index (χ4v) is 2.41. The average Bonchev–Trinajstić information content (AvgIpc) is 2.53. The topological polar surface area (TPSA) is 21.3 Å². The van der Waals surface area contributed by atoms with Crippen LogP contribution in [0.2, 0.25) is 0 Å². The molecule has 2 rings (SSSR count). The van der Waals surface area contributed by atoms with E-state index in [1.54, 1.807) is 0 Å². The van der Waals surface area contributed by atoms with Gasteiger partial charge in [-0.05, 0) is 56.5 Å². The van der Waals surface area contributed by atoms with Crippen molar-refractivity contribution in [3.8, 4) is 5.75 Å². The van der Waals surface area contributed by atoms with Crippen LogP contribution in [0.1, 0.15) is 37.4 Å². The molecule has 2 aromatic rings. The van der Waals surface area contributed by atoms with Gasteiger partial charge in [0.2, 0.25) is 0 Å². The molecule has 2 heteroatoms. The molecule has 0 radical (unpaired) electrons. The zero-order chi connectivity index (χ0) is 14.9. The zero-order valence-corrected chi connectivity index (χ0v) is 13.0. The molecule has 0 aliphatic rings. The first-order chi connectivity index (χ1) is 10.3. The number of benzene rings is 2. The minimum absolute atomic E-state index is 0.348. The summed E-state index contributed by atoms with van der Waals surface area (Å²) in [6.45, 7) is 5.95. The molecule has 21 heavy (non-hydrogen) atoms. The summed E-state index contributed by atoms with van der Waals surface area (Å²) in [6, 6.07) is 19.3. The van der Waals surface area contributed by atoms with Gasteiger partial charge in [0.15, 0.2) is 0 Å². The molecule has 0 aliphatic carbocycles. The van der Waals surface area contributed by atoms with E-state index in [-0.39, 0.29) is 0 Å². The molecule has 0 heterocycles. The maximum atomic E-state index is 5.55. The monoisotopic (exact) mass is 283 g/mol. The van der Waals surface area contributed by atoms with E-state index in [1.807, 2.05) is 13.0 Å². The van der Waals surface area contributed by atoms with Crippen molar-refractivity contribution >= 4 is 0 Å². The fourth-order valence-electron chi connectivity index (χ4n) is 2.41. The Hall–Kier alpha value is -1.80. The van der Waals surface area contributed by atoms with E-state index in [0.29, 0.717) is 12.6 Å². The first kappa shape index (κ1) is 15.6. The van der Waals surface area contributed by atoms with Crippen LogP contribution in [-0.2, 0) is 6.42 Å². The van der Waals surface area contributed by atoms with Crippen molar-refractivity contribution in [2.45, 2.75) is 32.7 Å². The van der Waals surface area contributed by atoms with Gasteiger partial charge in [-0.2, -0.15) is 0 Å². The van der Waals surface area contributed by atoms with Crippen LogP contribution >= 0.6 is 0 Å². The van der Waals surface area contributed by atoms with Crippen molar-refractivity contribution < 1.29 is 4.74 Å². The smallest absolute Gasteiger partial charge is 0.119 e. The van der Waals surface area contributed by atoms with Crippen LogP contribution in [0.5, 0.6) is 5.75 Å². The lowest BCUT2D eigenvalue weighted by Crippen LogP contribution is -2.20. The first-order valence-corrected chi connectivity index (χ1v) is 7.79. The molecule has 0 fully saturated rings. The van der Waals surface area contributed by atoms with Gasteiger partial charge in [0, 0.05) is 6.04 Å². The molecule has 0 spiro atoms. The largest absolute Gasteiger partial charge is 0.494 e. The molecular formula is C19H25NO. The van der Waals surface area contributed by atoms with Crippen molar-refractivity contribution in [2.24, 2.45) is 0 Å². The molecule has 0 amide bonds. The Morgan fingerprint density at radius 2 is 1.86 bits per heavy atom. The third kappa shape index (κ3) is 5.24. The third-order valence-corrected chi connectivity index (χ3v) is 3.60. The lowest BCUT2D eigenvalue weighted by Gasteiger charge is -2.15. The van der Waals surface area contributed by atoms with E-state index < -0.39 is 0 Å². The normalized spacial score (nSPS) is 12.1. The van der Waals surface area contributed by atoms with E-state index in [1.165, 1.54) is 11.1 Å². The summed E-state index contributed by atoms with van der Waals surface area (Å²) in [7, 11) is 0. The molecule has 0 bridgehead atoms. The van der Waals surface area contributed by atoms with Crippen LogP contribution in [0.25, 0.3) is 0 Å². The van der Waals surface area contributed by atoms with Gasteiger partial charge in [0.25, 0.3) is 0 Å². The summed E-state index contributed by atoms with van der Waals surface area (Å²) in [6.07, 6.45) is 2.28. The lowest BCUT2D eigenvalue weighted by molar-refractivity contribution is 0.339. The minimum atomic E-state index is 0.348. The second-order valence-electron chi connectivity index (χ2n) is 5.27. The summed E-state index contributed by atoms with van der Waals surface area (Å²) < 4.78 is 5.55. The van der Waals surface area contributed by atoms with Gasteiger partial charge in [-0.3, -0.25) is 0 Å². The second kappa shape index (κ2) is 8.48. The molecule has 0 aliphatic heterocycles. The number of ether oxygens (including phenoxy) is 1. The summed E-state index contributed by atoms with van der Waals surface area (Å²) in [5.74, 6) is 0.952. The van der Waals surface area contributed by atoms with Crippen LogP contribution in [0, 0.1) is 0 Å². The Kier molecular flexibility index (Phi) is 6.29. The van der Waals surface area contributed by atoms with Crippen LogP contribution in [0.15, 0.2) is 54.6 Å². The Morgan fingerprint density at radius 3 is 2.62 bits per heavy atom. The Bertz CT molecular complexity index is 524. The molecule has 1 N–H and O–H groups in total. The molecule has 2 nitrogen and oxygen atoms in total. The van der Waals surface area contributed by atoms with Crippen LogP contribution in [-0.4, -0.2) is 13.2 Å². The SMILES string of the molecule is CCOc1cccc([C@@H](C)NCCCc2ccccc2)c1. The maximum Gasteiger partial charge on any atom is 0.119 e. The van der Waals surface area contributed by atoms with E-state index in [0.717, 1.165) is 25.1 Å². The van der Waals surface area contributed by atoms with Gasteiger partial charge >= 0.3 is 0 Å². The van der Waals surface area contributed by atoms with Crippen LogP contribution in [0.4, 0.5) is 0 Å². The predicted molar refractivity (Wildman–Crippen MR) is 88.8 cm³/mol. The standard InChI is InChI=1S/C19H25NO/c1-3-21-19-13-7-12-18(15-19)16(2)20-14-8-11-17-9-5-4-6-10-17/h4-7,9-10,12-13,15-16,20H,3,8,11,14H2,1-2H3/t16-/m1/s1. The fraction of sp³-hybridized carbons (Fsp3) is 0.368. The van der Waals surface area contributed by atoms with Crippen LogP contribution < -0.4 is 10.1 Å². The van der Waals surface area contributed by atoms with E-state index in [4.69, 9.17) is 4.74 Å². The molecule has 0 saturated carbocycles. The number of nitrogens with one attached hydrogen (secondary N) is 1. The molecule has 0 saturated heterocycles. The van der Waals surface area contributed by atoms with E-state index in [9.17, 15) is 0 Å². The highest BCUT2D eigenvalue weighted by molar-refractivity contribution is 5.30. The molecule has 0 aromatic heterocycles. The van der Waals surface area contributed by atoms with Crippen molar-refractivity contribution in [1.82, 2.24) is 5.32 Å². The van der Waals surface area contributed by atoms with Gasteiger partial charge in [-0.1, -0.05) is 42.5 Å². The maximum absolute atomic E-state index is 5.55. The molecular weight excluding hydrogens is 258 g/mol. The molecule has 2 aromatic carbocycles. The van der Waals surface area contributed by atoms with Gasteiger partial charge in [0.1, 0.15) is 5.75 Å².